The molecule has 12 heavy (non-hydrogen) atoms. The van der Waals surface area contributed by atoms with Crippen LogP contribution in [0.25, 0.3) is 11.2 Å². The second-order valence-electron chi connectivity index (χ2n) is 2.12. The van der Waals surface area contributed by atoms with Gasteiger partial charge in [-0.2, -0.15) is 4.98 Å². The Morgan fingerprint density at radius 1 is 1.33 bits per heavy atom. The van der Waals surface area contributed by atoms with Gasteiger partial charge in [-0.3, -0.25) is 4.79 Å². The first-order chi connectivity index (χ1) is 5.75. The molecule has 2 aromatic rings. The number of nitrogens with one attached hydrogen (secondary N) is 1. The number of fused-ring (bicyclic) bond motifs is 1. The Balaban J connectivity index is 2.89. The third-order valence-electron chi connectivity index (χ3n) is 1.30. The van der Waals surface area contributed by atoms with E-state index in [4.69, 9.17) is 11.6 Å². The van der Waals surface area contributed by atoms with E-state index in [1.807, 2.05) is 0 Å². The van der Waals surface area contributed by atoms with E-state index in [9.17, 15) is 4.79 Å². The lowest BCUT2D eigenvalue weighted by molar-refractivity contribution is 1.12. The molecule has 0 aliphatic carbocycles. The molecule has 0 bridgehead atoms. The summed E-state index contributed by atoms with van der Waals surface area (Å²) in [6, 6.07) is 0. The first-order valence-electron chi connectivity index (χ1n) is 3.13. The van der Waals surface area contributed by atoms with E-state index in [2.05, 4.69) is 19.9 Å². The zero-order valence-electron chi connectivity index (χ0n) is 5.78. The van der Waals surface area contributed by atoms with Gasteiger partial charge in [0.15, 0.2) is 5.65 Å². The number of H-pyrrole nitrogens is 1. The average Bonchev–Trinajstić information content (AvgIpc) is 2.03. The summed E-state index contributed by atoms with van der Waals surface area (Å²) >= 11 is 5.50. The maximum absolute atomic E-state index is 10.8. The normalized spacial score (nSPS) is 10.4. The Hall–Kier alpha value is -1.49. The van der Waals surface area contributed by atoms with Crippen LogP contribution in [0, 0.1) is 0 Å². The third-order valence-corrected chi connectivity index (χ3v) is 1.48. The highest BCUT2D eigenvalue weighted by Gasteiger charge is 1.98. The van der Waals surface area contributed by atoms with E-state index in [0.717, 1.165) is 0 Å². The van der Waals surface area contributed by atoms with Crippen LogP contribution in [0.15, 0.2) is 17.2 Å². The molecule has 0 aliphatic heterocycles. The fourth-order valence-corrected chi connectivity index (χ4v) is 0.951. The van der Waals surface area contributed by atoms with Crippen molar-refractivity contribution >= 4 is 22.8 Å². The summed E-state index contributed by atoms with van der Waals surface area (Å²) < 4.78 is 0. The quantitative estimate of drug-likeness (QED) is 0.598. The molecule has 0 amide bonds. The first-order valence-corrected chi connectivity index (χ1v) is 3.51. The molecule has 0 radical (unpaired) electrons. The van der Waals surface area contributed by atoms with Gasteiger partial charge in [0.2, 0.25) is 5.28 Å². The molecule has 2 aromatic heterocycles. The Kier molecular flexibility index (Phi) is 1.51. The largest absolute Gasteiger partial charge is 0.304 e. The molecular formula is C6H3ClN4O. The SMILES string of the molecule is O=c1cnc2cnc(Cl)nc2[nH]1. The molecular weight excluding hydrogens is 180 g/mol. The van der Waals surface area contributed by atoms with Crippen LogP contribution in [0.3, 0.4) is 0 Å². The van der Waals surface area contributed by atoms with E-state index in [1.165, 1.54) is 12.4 Å². The lowest BCUT2D eigenvalue weighted by Gasteiger charge is -1.93. The van der Waals surface area contributed by atoms with Crippen molar-refractivity contribution in [3.63, 3.8) is 0 Å². The van der Waals surface area contributed by atoms with Crippen molar-refractivity contribution in [3.05, 3.63) is 28.0 Å². The molecule has 0 aliphatic rings. The first kappa shape index (κ1) is 7.17. The van der Waals surface area contributed by atoms with Crippen LogP contribution in [0.1, 0.15) is 0 Å². The molecule has 6 heteroatoms. The summed E-state index contributed by atoms with van der Waals surface area (Å²) in [5.74, 6) is 0. The highest BCUT2D eigenvalue weighted by molar-refractivity contribution is 6.28. The van der Waals surface area contributed by atoms with Gasteiger partial charge in [-0.15, -0.1) is 0 Å². The standard InChI is InChI=1S/C6H3ClN4O/c7-6-9-1-3-5(11-6)10-4(12)2-8-3/h1-2H,(H,9,10,11,12). The summed E-state index contributed by atoms with van der Waals surface area (Å²) in [5.41, 5.74) is 0.554. The summed E-state index contributed by atoms with van der Waals surface area (Å²) in [6.45, 7) is 0. The molecule has 0 aromatic carbocycles. The summed E-state index contributed by atoms with van der Waals surface area (Å²) in [5, 5.41) is 0.0890. The zero-order valence-corrected chi connectivity index (χ0v) is 6.54. The van der Waals surface area contributed by atoms with Gasteiger partial charge in [0.1, 0.15) is 5.52 Å². The Labute approximate surface area is 71.5 Å². The Bertz CT molecular complexity index is 480. The van der Waals surface area contributed by atoms with E-state index >= 15 is 0 Å². The minimum atomic E-state index is -0.308. The Morgan fingerprint density at radius 2 is 2.17 bits per heavy atom. The van der Waals surface area contributed by atoms with Crippen molar-refractivity contribution in [2.45, 2.75) is 0 Å². The number of nitrogens with zero attached hydrogens (tertiary/aromatic N) is 3. The maximum Gasteiger partial charge on any atom is 0.268 e. The van der Waals surface area contributed by atoms with E-state index in [0.29, 0.717) is 11.2 Å². The summed E-state index contributed by atoms with van der Waals surface area (Å²) in [4.78, 5) is 24.5. The monoisotopic (exact) mass is 182 g/mol. The number of aromatic amines is 1. The van der Waals surface area contributed by atoms with Crippen LogP contribution in [-0.2, 0) is 0 Å². The topological polar surface area (TPSA) is 71.5 Å². The maximum atomic E-state index is 10.8. The summed E-state index contributed by atoms with van der Waals surface area (Å²) in [7, 11) is 0. The van der Waals surface area contributed by atoms with Crippen LogP contribution in [0.5, 0.6) is 0 Å². The van der Waals surface area contributed by atoms with Crippen LogP contribution >= 0.6 is 11.6 Å². The number of hydrogen-bond donors (Lipinski definition) is 1. The highest BCUT2D eigenvalue weighted by atomic mass is 35.5. The lowest BCUT2D eigenvalue weighted by atomic mass is 10.5. The molecule has 0 atom stereocenters. The van der Waals surface area contributed by atoms with E-state index < -0.39 is 0 Å². The molecule has 60 valence electrons. The third kappa shape index (κ3) is 1.14. The van der Waals surface area contributed by atoms with Gasteiger partial charge < -0.3 is 4.98 Å². The minimum absolute atomic E-state index is 0.0890. The van der Waals surface area contributed by atoms with Crippen LogP contribution in [0.2, 0.25) is 5.28 Å². The second-order valence-corrected chi connectivity index (χ2v) is 2.46. The van der Waals surface area contributed by atoms with Crippen molar-refractivity contribution in [1.29, 1.82) is 0 Å². The van der Waals surface area contributed by atoms with Gasteiger partial charge in [-0.25, -0.2) is 9.97 Å². The molecule has 2 heterocycles. The van der Waals surface area contributed by atoms with E-state index in [1.54, 1.807) is 0 Å². The molecule has 1 N–H and O–H groups in total. The predicted molar refractivity (Wildman–Crippen MR) is 43.0 cm³/mol. The number of aromatic nitrogens is 4. The smallest absolute Gasteiger partial charge is 0.268 e. The second kappa shape index (κ2) is 2.53. The zero-order chi connectivity index (χ0) is 8.55. The average molecular weight is 183 g/mol. The fraction of sp³-hybridized carbons (Fsp3) is 0. The lowest BCUT2D eigenvalue weighted by Crippen LogP contribution is -2.06. The van der Waals surface area contributed by atoms with Gasteiger partial charge >= 0.3 is 0 Å². The molecule has 0 saturated carbocycles. The fourth-order valence-electron chi connectivity index (χ4n) is 0.818. The molecule has 0 unspecified atom stereocenters. The van der Waals surface area contributed by atoms with E-state index in [-0.39, 0.29) is 10.8 Å². The molecule has 2 rings (SSSR count). The molecule has 0 fully saturated rings. The highest BCUT2D eigenvalue weighted by Crippen LogP contribution is 2.04. The van der Waals surface area contributed by atoms with Gasteiger partial charge in [0.25, 0.3) is 5.56 Å². The number of hydrogen-bond acceptors (Lipinski definition) is 4. The van der Waals surface area contributed by atoms with Crippen molar-refractivity contribution in [2.24, 2.45) is 0 Å². The molecule has 0 spiro atoms. The van der Waals surface area contributed by atoms with Crippen LogP contribution < -0.4 is 5.56 Å². The van der Waals surface area contributed by atoms with Gasteiger partial charge in [-0.05, 0) is 11.6 Å². The Morgan fingerprint density at radius 3 is 3.00 bits per heavy atom. The predicted octanol–water partition coefficient (Wildman–Crippen LogP) is 0.366. The molecule has 5 nitrogen and oxygen atoms in total. The van der Waals surface area contributed by atoms with Gasteiger partial charge in [-0.1, -0.05) is 0 Å². The minimum Gasteiger partial charge on any atom is -0.304 e. The number of halogens is 1. The van der Waals surface area contributed by atoms with Gasteiger partial charge in [0, 0.05) is 0 Å². The van der Waals surface area contributed by atoms with Crippen molar-refractivity contribution < 1.29 is 0 Å². The van der Waals surface area contributed by atoms with Crippen molar-refractivity contribution in [1.82, 2.24) is 19.9 Å². The van der Waals surface area contributed by atoms with Gasteiger partial charge in [0.05, 0.1) is 12.4 Å². The van der Waals surface area contributed by atoms with Crippen molar-refractivity contribution in [2.75, 3.05) is 0 Å². The van der Waals surface area contributed by atoms with Crippen LogP contribution in [0.4, 0.5) is 0 Å². The number of rotatable bonds is 0. The summed E-state index contributed by atoms with van der Waals surface area (Å²) in [6.07, 6.45) is 2.61. The molecule has 0 saturated heterocycles. The van der Waals surface area contributed by atoms with Crippen LogP contribution in [-0.4, -0.2) is 19.9 Å². The van der Waals surface area contributed by atoms with Crippen molar-refractivity contribution in [3.8, 4) is 0 Å².